The SMILES string of the molecule is CC(N)Cc1ccc(SC2CCCCC2)c(Br)c1. The van der Waals surface area contributed by atoms with Crippen LogP contribution in [-0.2, 0) is 6.42 Å². The van der Waals surface area contributed by atoms with Crippen molar-refractivity contribution >= 4 is 27.7 Å². The second-order valence-electron chi connectivity index (χ2n) is 5.32. The van der Waals surface area contributed by atoms with E-state index in [1.54, 1.807) is 0 Å². The van der Waals surface area contributed by atoms with Gasteiger partial charge < -0.3 is 5.73 Å². The second-order valence-corrected chi connectivity index (χ2v) is 7.52. The molecule has 3 heteroatoms. The van der Waals surface area contributed by atoms with Gasteiger partial charge in [-0.15, -0.1) is 11.8 Å². The molecule has 18 heavy (non-hydrogen) atoms. The van der Waals surface area contributed by atoms with Crippen molar-refractivity contribution in [3.05, 3.63) is 28.2 Å². The summed E-state index contributed by atoms with van der Waals surface area (Å²) in [5.41, 5.74) is 7.17. The van der Waals surface area contributed by atoms with E-state index in [1.807, 2.05) is 11.8 Å². The van der Waals surface area contributed by atoms with E-state index < -0.39 is 0 Å². The molecule has 0 saturated heterocycles. The molecule has 2 rings (SSSR count). The van der Waals surface area contributed by atoms with Crippen LogP contribution in [0, 0.1) is 0 Å². The molecule has 1 nitrogen and oxygen atoms in total. The molecule has 1 aromatic rings. The molecule has 0 bridgehead atoms. The van der Waals surface area contributed by atoms with Gasteiger partial charge >= 0.3 is 0 Å². The van der Waals surface area contributed by atoms with Gasteiger partial charge in [0.1, 0.15) is 0 Å². The quantitative estimate of drug-likeness (QED) is 0.862. The second kappa shape index (κ2) is 6.97. The van der Waals surface area contributed by atoms with Crippen LogP contribution >= 0.6 is 27.7 Å². The van der Waals surface area contributed by atoms with Crippen LogP contribution in [0.1, 0.15) is 44.6 Å². The van der Waals surface area contributed by atoms with E-state index >= 15 is 0 Å². The highest BCUT2D eigenvalue weighted by molar-refractivity contribution is 9.10. The number of nitrogens with two attached hydrogens (primary N) is 1. The van der Waals surface area contributed by atoms with Crippen LogP contribution in [0.4, 0.5) is 0 Å². The molecule has 1 unspecified atom stereocenters. The number of hydrogen-bond acceptors (Lipinski definition) is 2. The molecule has 0 aliphatic heterocycles. The third-order valence-electron chi connectivity index (χ3n) is 3.40. The minimum Gasteiger partial charge on any atom is -0.328 e. The molecule has 0 amide bonds. The van der Waals surface area contributed by atoms with Gasteiger partial charge in [0, 0.05) is 20.7 Å². The molecular formula is C15H22BrNS. The van der Waals surface area contributed by atoms with Crippen molar-refractivity contribution in [2.75, 3.05) is 0 Å². The number of halogens is 1. The minimum atomic E-state index is 0.230. The largest absolute Gasteiger partial charge is 0.328 e. The first-order valence-corrected chi connectivity index (χ1v) is 8.53. The van der Waals surface area contributed by atoms with E-state index in [0.717, 1.165) is 11.7 Å². The fourth-order valence-corrected chi connectivity index (χ4v) is 4.45. The lowest BCUT2D eigenvalue weighted by Gasteiger charge is -2.21. The lowest BCUT2D eigenvalue weighted by Crippen LogP contribution is -2.17. The highest BCUT2D eigenvalue weighted by atomic mass is 79.9. The van der Waals surface area contributed by atoms with Crippen LogP contribution in [0.5, 0.6) is 0 Å². The third kappa shape index (κ3) is 4.29. The Morgan fingerprint density at radius 2 is 2.06 bits per heavy atom. The maximum Gasteiger partial charge on any atom is 0.0314 e. The Bertz CT molecular complexity index is 386. The van der Waals surface area contributed by atoms with Crippen LogP contribution in [0.3, 0.4) is 0 Å². The van der Waals surface area contributed by atoms with Gasteiger partial charge in [-0.2, -0.15) is 0 Å². The first-order chi connectivity index (χ1) is 8.65. The van der Waals surface area contributed by atoms with Gasteiger partial charge in [-0.1, -0.05) is 25.3 Å². The van der Waals surface area contributed by atoms with Crippen LogP contribution in [-0.4, -0.2) is 11.3 Å². The Morgan fingerprint density at radius 3 is 2.67 bits per heavy atom. The molecule has 1 aliphatic carbocycles. The molecule has 2 N–H and O–H groups in total. The van der Waals surface area contributed by atoms with Gasteiger partial charge in [0.05, 0.1) is 0 Å². The van der Waals surface area contributed by atoms with Gasteiger partial charge in [0.2, 0.25) is 0 Å². The predicted octanol–water partition coefficient (Wildman–Crippen LogP) is 4.76. The summed E-state index contributed by atoms with van der Waals surface area (Å²) in [6.07, 6.45) is 7.92. The summed E-state index contributed by atoms with van der Waals surface area (Å²) in [6, 6.07) is 6.93. The molecule has 1 aliphatic rings. The maximum absolute atomic E-state index is 5.84. The Morgan fingerprint density at radius 1 is 1.33 bits per heavy atom. The highest BCUT2D eigenvalue weighted by Gasteiger charge is 2.16. The van der Waals surface area contributed by atoms with Crippen LogP contribution in [0.25, 0.3) is 0 Å². The van der Waals surface area contributed by atoms with Crippen molar-refractivity contribution in [2.45, 2.75) is 61.6 Å². The highest BCUT2D eigenvalue weighted by Crippen LogP contribution is 2.37. The Balaban J connectivity index is 2.00. The summed E-state index contributed by atoms with van der Waals surface area (Å²) in [4.78, 5) is 1.38. The topological polar surface area (TPSA) is 26.0 Å². The molecule has 1 atom stereocenters. The first-order valence-electron chi connectivity index (χ1n) is 6.86. The fraction of sp³-hybridized carbons (Fsp3) is 0.600. The average Bonchev–Trinajstić information content (AvgIpc) is 2.33. The molecule has 1 saturated carbocycles. The number of hydrogen-bond donors (Lipinski definition) is 1. The van der Waals surface area contributed by atoms with E-state index in [1.165, 1.54) is 47.0 Å². The standard InChI is InChI=1S/C15H22BrNS/c1-11(17)9-12-7-8-15(14(16)10-12)18-13-5-3-2-4-6-13/h7-8,10-11,13H,2-6,9,17H2,1H3. The van der Waals surface area contributed by atoms with Crippen molar-refractivity contribution in [1.82, 2.24) is 0 Å². The number of benzene rings is 1. The monoisotopic (exact) mass is 327 g/mol. The van der Waals surface area contributed by atoms with E-state index in [2.05, 4.69) is 41.1 Å². The molecule has 0 heterocycles. The van der Waals surface area contributed by atoms with E-state index in [-0.39, 0.29) is 6.04 Å². The average molecular weight is 328 g/mol. The summed E-state index contributed by atoms with van der Waals surface area (Å²) in [6.45, 7) is 2.05. The van der Waals surface area contributed by atoms with Gasteiger partial charge in [-0.25, -0.2) is 0 Å². The molecule has 0 aromatic heterocycles. The van der Waals surface area contributed by atoms with Gasteiger partial charge in [0.25, 0.3) is 0 Å². The van der Waals surface area contributed by atoms with Crippen molar-refractivity contribution < 1.29 is 0 Å². The smallest absolute Gasteiger partial charge is 0.0314 e. The lowest BCUT2D eigenvalue weighted by atomic mass is 10.0. The first kappa shape index (κ1) is 14.4. The van der Waals surface area contributed by atoms with Crippen LogP contribution < -0.4 is 5.73 Å². The fourth-order valence-electron chi connectivity index (χ4n) is 2.50. The zero-order valence-corrected chi connectivity index (χ0v) is 13.4. The summed E-state index contributed by atoms with van der Waals surface area (Å²) < 4.78 is 1.23. The zero-order valence-electron chi connectivity index (χ0n) is 11.0. The van der Waals surface area contributed by atoms with Crippen molar-refractivity contribution in [3.63, 3.8) is 0 Å². The van der Waals surface area contributed by atoms with Gasteiger partial charge in [0.15, 0.2) is 0 Å². The summed E-state index contributed by atoms with van der Waals surface area (Å²) >= 11 is 5.74. The number of thioether (sulfide) groups is 1. The molecule has 1 aromatic carbocycles. The lowest BCUT2D eigenvalue weighted by molar-refractivity contribution is 0.516. The van der Waals surface area contributed by atoms with E-state index in [0.29, 0.717) is 0 Å². The summed E-state index contributed by atoms with van der Waals surface area (Å²) in [7, 11) is 0. The molecular weight excluding hydrogens is 306 g/mol. The van der Waals surface area contributed by atoms with Gasteiger partial charge in [-0.05, 0) is 59.8 Å². The predicted molar refractivity (Wildman–Crippen MR) is 84.2 cm³/mol. The Kier molecular flexibility index (Phi) is 5.58. The normalized spacial score (nSPS) is 18.8. The van der Waals surface area contributed by atoms with Crippen LogP contribution in [0.2, 0.25) is 0 Å². The number of rotatable bonds is 4. The van der Waals surface area contributed by atoms with Gasteiger partial charge in [-0.3, -0.25) is 0 Å². The molecule has 100 valence electrons. The van der Waals surface area contributed by atoms with E-state index in [4.69, 9.17) is 5.73 Å². The summed E-state index contributed by atoms with van der Waals surface area (Å²) in [5, 5.41) is 0.814. The molecule has 0 radical (unpaired) electrons. The Labute approximate surface area is 123 Å². The Hall–Kier alpha value is 0.01000. The maximum atomic E-state index is 5.84. The zero-order chi connectivity index (χ0) is 13.0. The molecule has 0 spiro atoms. The van der Waals surface area contributed by atoms with E-state index in [9.17, 15) is 0 Å². The van der Waals surface area contributed by atoms with Crippen molar-refractivity contribution in [1.29, 1.82) is 0 Å². The summed E-state index contributed by atoms with van der Waals surface area (Å²) in [5.74, 6) is 0. The van der Waals surface area contributed by atoms with Crippen molar-refractivity contribution in [3.8, 4) is 0 Å². The van der Waals surface area contributed by atoms with Crippen molar-refractivity contribution in [2.24, 2.45) is 5.73 Å². The van der Waals surface area contributed by atoms with Crippen LogP contribution in [0.15, 0.2) is 27.6 Å². The third-order valence-corrected chi connectivity index (χ3v) is 5.73. The molecule has 1 fully saturated rings. The minimum absolute atomic E-state index is 0.230.